The van der Waals surface area contributed by atoms with E-state index in [2.05, 4.69) is 29.2 Å². The largest absolute Gasteiger partial charge is 0.393 e. The molecule has 0 amide bonds. The van der Waals surface area contributed by atoms with Gasteiger partial charge in [-0.1, -0.05) is 28.7 Å². The molecule has 1 heterocycles. The van der Waals surface area contributed by atoms with Crippen molar-refractivity contribution in [2.45, 2.75) is 29.2 Å². The molecule has 0 spiro atoms. The minimum atomic E-state index is -0.234. The van der Waals surface area contributed by atoms with Crippen molar-refractivity contribution in [3.8, 4) is 0 Å². The molecule has 3 nitrogen and oxygen atoms in total. The molecule has 4 atom stereocenters. The maximum Gasteiger partial charge on any atom is 0.158 e. The maximum absolute atomic E-state index is 9.96. The molecular formula is C11H17IO3. The van der Waals surface area contributed by atoms with Crippen molar-refractivity contribution in [1.82, 2.24) is 0 Å². The molecule has 1 aliphatic heterocycles. The predicted molar refractivity (Wildman–Crippen MR) is 65.9 cm³/mol. The standard InChI is InChI=1S/C11H17IO3/c1-2-7-8(10(13)6-9(7)12)5-11-14-3-4-15-11/h2,7-11,13H,1,3-6H2/t7-,8-,9+,10?/m1/s1. The fourth-order valence-corrected chi connectivity index (χ4v) is 3.84. The third-order valence-corrected chi connectivity index (χ3v) is 4.64. The minimum absolute atomic E-state index is 0.117. The number of allylic oxidation sites excluding steroid dienone is 1. The average Bonchev–Trinajstić information content (AvgIpc) is 2.77. The van der Waals surface area contributed by atoms with Gasteiger partial charge in [-0.05, 0) is 18.3 Å². The zero-order chi connectivity index (χ0) is 10.8. The number of halogens is 1. The van der Waals surface area contributed by atoms with Gasteiger partial charge in [0.25, 0.3) is 0 Å². The van der Waals surface area contributed by atoms with Gasteiger partial charge in [0.2, 0.25) is 0 Å². The highest BCUT2D eigenvalue weighted by atomic mass is 127. The first kappa shape index (κ1) is 11.8. The van der Waals surface area contributed by atoms with Crippen LogP contribution in [0.3, 0.4) is 0 Å². The van der Waals surface area contributed by atoms with Crippen molar-refractivity contribution in [3.63, 3.8) is 0 Å². The Balaban J connectivity index is 1.96. The van der Waals surface area contributed by atoms with Gasteiger partial charge in [0, 0.05) is 10.3 Å². The Hall–Kier alpha value is 0.350. The van der Waals surface area contributed by atoms with E-state index in [1.807, 2.05) is 6.08 Å². The Labute approximate surface area is 104 Å². The summed E-state index contributed by atoms with van der Waals surface area (Å²) in [5.74, 6) is 0.626. The molecule has 1 aliphatic carbocycles. The third-order valence-electron chi connectivity index (χ3n) is 3.30. The van der Waals surface area contributed by atoms with E-state index in [-0.39, 0.29) is 18.3 Å². The number of aliphatic hydroxyl groups excluding tert-OH is 1. The lowest BCUT2D eigenvalue weighted by Crippen LogP contribution is -2.25. The zero-order valence-electron chi connectivity index (χ0n) is 8.64. The van der Waals surface area contributed by atoms with Crippen molar-refractivity contribution in [2.24, 2.45) is 11.8 Å². The van der Waals surface area contributed by atoms with Crippen LogP contribution in [0.1, 0.15) is 12.8 Å². The fraction of sp³-hybridized carbons (Fsp3) is 0.818. The predicted octanol–water partition coefficient (Wildman–Crippen LogP) is 1.74. The van der Waals surface area contributed by atoms with E-state index in [1.54, 1.807) is 0 Å². The Morgan fingerprint density at radius 3 is 2.67 bits per heavy atom. The number of ether oxygens (including phenoxy) is 2. The van der Waals surface area contributed by atoms with Crippen LogP contribution in [0.4, 0.5) is 0 Å². The first-order valence-electron chi connectivity index (χ1n) is 5.40. The summed E-state index contributed by atoms with van der Waals surface area (Å²) in [4.78, 5) is 0. The number of hydrogen-bond donors (Lipinski definition) is 1. The zero-order valence-corrected chi connectivity index (χ0v) is 10.8. The molecule has 15 heavy (non-hydrogen) atoms. The van der Waals surface area contributed by atoms with Gasteiger partial charge >= 0.3 is 0 Å². The van der Waals surface area contributed by atoms with Gasteiger partial charge in [0.15, 0.2) is 6.29 Å². The van der Waals surface area contributed by atoms with E-state index in [4.69, 9.17) is 9.47 Å². The SMILES string of the molecule is C=C[C@H]1[C@@H](I)CC(O)[C@@H]1CC1OCCO1. The molecule has 0 aromatic heterocycles. The Morgan fingerprint density at radius 1 is 1.40 bits per heavy atom. The second kappa shape index (κ2) is 5.12. The van der Waals surface area contributed by atoms with Crippen LogP contribution in [-0.2, 0) is 9.47 Å². The summed E-state index contributed by atoms with van der Waals surface area (Å²) in [6.45, 7) is 5.22. The first-order chi connectivity index (χ1) is 7.22. The average molecular weight is 324 g/mol. The summed E-state index contributed by atoms with van der Waals surface area (Å²) >= 11 is 2.40. The topological polar surface area (TPSA) is 38.7 Å². The smallest absolute Gasteiger partial charge is 0.158 e. The normalized spacial score (nSPS) is 42.3. The second-order valence-corrected chi connectivity index (χ2v) is 5.80. The van der Waals surface area contributed by atoms with E-state index < -0.39 is 0 Å². The summed E-state index contributed by atoms with van der Waals surface area (Å²) < 4.78 is 11.3. The van der Waals surface area contributed by atoms with E-state index in [0.717, 1.165) is 12.8 Å². The second-order valence-electron chi connectivity index (χ2n) is 4.20. The van der Waals surface area contributed by atoms with Crippen molar-refractivity contribution in [3.05, 3.63) is 12.7 Å². The molecule has 86 valence electrons. The van der Waals surface area contributed by atoms with E-state index in [9.17, 15) is 5.11 Å². The van der Waals surface area contributed by atoms with Crippen LogP contribution < -0.4 is 0 Å². The molecule has 0 aromatic carbocycles. The van der Waals surface area contributed by atoms with Gasteiger partial charge in [-0.3, -0.25) is 0 Å². The molecule has 2 fully saturated rings. The fourth-order valence-electron chi connectivity index (χ4n) is 2.49. The van der Waals surface area contributed by atoms with E-state index in [1.165, 1.54) is 0 Å². The highest BCUT2D eigenvalue weighted by Gasteiger charge is 2.41. The molecule has 1 unspecified atom stereocenters. The third kappa shape index (κ3) is 2.54. The van der Waals surface area contributed by atoms with Gasteiger partial charge in [-0.25, -0.2) is 0 Å². The lowest BCUT2D eigenvalue weighted by molar-refractivity contribution is -0.0688. The number of hydrogen-bond acceptors (Lipinski definition) is 3. The summed E-state index contributed by atoms with van der Waals surface area (Å²) in [5.41, 5.74) is 0. The molecule has 1 N–H and O–H groups in total. The summed E-state index contributed by atoms with van der Waals surface area (Å²) in [6.07, 6.45) is 3.26. The molecule has 1 saturated carbocycles. The van der Waals surface area contributed by atoms with Gasteiger partial charge in [0.1, 0.15) is 0 Å². The van der Waals surface area contributed by atoms with Crippen molar-refractivity contribution < 1.29 is 14.6 Å². The van der Waals surface area contributed by atoms with Crippen LogP contribution in [-0.4, -0.2) is 34.6 Å². The van der Waals surface area contributed by atoms with Gasteiger partial charge in [-0.15, -0.1) is 6.58 Å². The monoisotopic (exact) mass is 324 g/mol. The molecule has 0 radical (unpaired) electrons. The molecule has 0 bridgehead atoms. The van der Waals surface area contributed by atoms with Crippen LogP contribution in [0.25, 0.3) is 0 Å². The first-order valence-corrected chi connectivity index (χ1v) is 6.65. The summed E-state index contributed by atoms with van der Waals surface area (Å²) in [6, 6.07) is 0. The van der Waals surface area contributed by atoms with Crippen molar-refractivity contribution in [2.75, 3.05) is 13.2 Å². The van der Waals surface area contributed by atoms with Gasteiger partial charge in [-0.2, -0.15) is 0 Å². The van der Waals surface area contributed by atoms with Crippen LogP contribution >= 0.6 is 22.6 Å². The Morgan fingerprint density at radius 2 is 2.07 bits per heavy atom. The molecule has 0 aromatic rings. The van der Waals surface area contributed by atoms with Gasteiger partial charge in [0.05, 0.1) is 19.3 Å². The molecular weight excluding hydrogens is 307 g/mol. The Bertz CT molecular complexity index is 228. The number of aliphatic hydroxyl groups is 1. The highest BCUT2D eigenvalue weighted by molar-refractivity contribution is 14.1. The van der Waals surface area contributed by atoms with E-state index >= 15 is 0 Å². The molecule has 2 rings (SSSR count). The molecule has 4 heteroatoms. The number of rotatable bonds is 3. The van der Waals surface area contributed by atoms with Crippen LogP contribution in [0.5, 0.6) is 0 Å². The number of alkyl halides is 1. The highest BCUT2D eigenvalue weighted by Crippen LogP contribution is 2.41. The van der Waals surface area contributed by atoms with Crippen LogP contribution in [0.15, 0.2) is 12.7 Å². The Kier molecular flexibility index (Phi) is 4.04. The lowest BCUT2D eigenvalue weighted by Gasteiger charge is -2.22. The van der Waals surface area contributed by atoms with E-state index in [0.29, 0.717) is 23.1 Å². The van der Waals surface area contributed by atoms with Crippen LogP contribution in [0, 0.1) is 11.8 Å². The summed E-state index contributed by atoms with van der Waals surface area (Å²) in [7, 11) is 0. The van der Waals surface area contributed by atoms with Crippen molar-refractivity contribution in [1.29, 1.82) is 0 Å². The van der Waals surface area contributed by atoms with Crippen LogP contribution in [0.2, 0.25) is 0 Å². The maximum atomic E-state index is 9.96. The minimum Gasteiger partial charge on any atom is -0.393 e. The molecule has 2 aliphatic rings. The summed E-state index contributed by atoms with van der Waals surface area (Å²) in [5, 5.41) is 9.96. The lowest BCUT2D eigenvalue weighted by atomic mass is 9.91. The van der Waals surface area contributed by atoms with Gasteiger partial charge < -0.3 is 14.6 Å². The quantitative estimate of drug-likeness (QED) is 0.488. The van der Waals surface area contributed by atoms with Crippen molar-refractivity contribution >= 4 is 22.6 Å². The molecule has 1 saturated heterocycles.